The van der Waals surface area contributed by atoms with Crippen LogP contribution in [0.25, 0.3) is 0 Å². The number of amides is 1. The maximum absolute atomic E-state index is 11.8. The lowest BCUT2D eigenvalue weighted by molar-refractivity contribution is -0.125. The summed E-state index contributed by atoms with van der Waals surface area (Å²) in [7, 11) is 1.68. The second-order valence-electron chi connectivity index (χ2n) is 4.37. The maximum Gasteiger partial charge on any atom is 0.267 e. The van der Waals surface area contributed by atoms with Crippen LogP contribution < -0.4 is 9.64 Å². The molecule has 18 heavy (non-hydrogen) atoms. The molecule has 4 nitrogen and oxygen atoms in total. The molecule has 1 atom stereocenters. The fraction of sp³-hybridized carbons (Fsp3) is 0.385. The van der Waals surface area contributed by atoms with Gasteiger partial charge in [-0.2, -0.15) is 0 Å². The summed E-state index contributed by atoms with van der Waals surface area (Å²) in [6, 6.07) is 3.56. The van der Waals surface area contributed by atoms with Gasteiger partial charge >= 0.3 is 0 Å². The molecule has 0 saturated heterocycles. The third-order valence-electron chi connectivity index (χ3n) is 2.97. The zero-order chi connectivity index (χ0) is 13.4. The molecule has 2 rings (SSSR count). The minimum absolute atomic E-state index is 0.106. The van der Waals surface area contributed by atoms with Gasteiger partial charge in [0, 0.05) is 7.05 Å². The Morgan fingerprint density at radius 1 is 1.50 bits per heavy atom. The minimum Gasteiger partial charge on any atom is -0.478 e. The normalized spacial score (nSPS) is 18.3. The molecule has 0 aromatic heterocycles. The zero-order valence-electron chi connectivity index (χ0n) is 10.5. The van der Waals surface area contributed by atoms with Crippen molar-refractivity contribution in [2.24, 2.45) is 0 Å². The molecular formula is C13H14ClNO3. The van der Waals surface area contributed by atoms with Gasteiger partial charge in [0.1, 0.15) is 0 Å². The van der Waals surface area contributed by atoms with Crippen LogP contribution in [0.4, 0.5) is 5.69 Å². The fourth-order valence-corrected chi connectivity index (χ4v) is 2.17. The average Bonchev–Trinajstić information content (AvgIpc) is 2.35. The van der Waals surface area contributed by atoms with Crippen LogP contribution in [-0.2, 0) is 4.79 Å². The van der Waals surface area contributed by atoms with E-state index in [9.17, 15) is 9.59 Å². The first-order valence-corrected chi connectivity index (χ1v) is 6.17. The Balaban J connectivity index is 2.63. The molecule has 5 heteroatoms. The lowest BCUT2D eigenvalue weighted by atomic mass is 10.0. The summed E-state index contributed by atoms with van der Waals surface area (Å²) < 4.78 is 5.55. The number of hydrogen-bond donors (Lipinski definition) is 0. The lowest BCUT2D eigenvalue weighted by Crippen LogP contribution is -2.42. The van der Waals surface area contributed by atoms with Crippen molar-refractivity contribution in [2.45, 2.75) is 20.0 Å². The molecule has 0 saturated carbocycles. The Bertz CT molecular complexity index is 527. The van der Waals surface area contributed by atoms with Crippen LogP contribution in [0.1, 0.15) is 22.8 Å². The van der Waals surface area contributed by atoms with E-state index >= 15 is 0 Å². The Hall–Kier alpha value is -1.55. The number of likely N-dealkylation sites (N-methyl/N-ethyl adjacent to an activating group) is 1. The van der Waals surface area contributed by atoms with Crippen molar-refractivity contribution in [3.63, 3.8) is 0 Å². The van der Waals surface area contributed by atoms with E-state index in [2.05, 4.69) is 0 Å². The van der Waals surface area contributed by atoms with Crippen LogP contribution >= 0.6 is 11.6 Å². The molecule has 96 valence electrons. The van der Waals surface area contributed by atoms with Crippen molar-refractivity contribution >= 4 is 29.0 Å². The molecule has 1 heterocycles. The first-order chi connectivity index (χ1) is 8.45. The monoisotopic (exact) mass is 267 g/mol. The van der Waals surface area contributed by atoms with Gasteiger partial charge in [-0.3, -0.25) is 9.59 Å². The molecule has 0 radical (unpaired) electrons. The molecule has 1 aliphatic heterocycles. The number of Topliss-reactive ketones (excluding diaryl/α,β-unsaturated/α-hetero) is 1. The van der Waals surface area contributed by atoms with E-state index in [-0.39, 0.29) is 17.6 Å². The number of ketones is 1. The first-order valence-electron chi connectivity index (χ1n) is 5.63. The van der Waals surface area contributed by atoms with Gasteiger partial charge < -0.3 is 9.64 Å². The standard InChI is InChI=1S/C13H14ClNO3/c1-7-4-9(11(16)6-14)12-10(5-7)15(3)13(17)8(2)18-12/h4-5,8H,6H2,1-3H3. The zero-order valence-corrected chi connectivity index (χ0v) is 11.2. The quantitative estimate of drug-likeness (QED) is 0.609. The Labute approximate surface area is 110 Å². The summed E-state index contributed by atoms with van der Waals surface area (Å²) in [6.07, 6.45) is -0.591. The van der Waals surface area contributed by atoms with Gasteiger partial charge in [0.15, 0.2) is 17.6 Å². The molecule has 1 unspecified atom stereocenters. The minimum atomic E-state index is -0.591. The van der Waals surface area contributed by atoms with Crippen LogP contribution in [0.3, 0.4) is 0 Å². The van der Waals surface area contributed by atoms with E-state index in [1.165, 1.54) is 4.90 Å². The Kier molecular flexibility index (Phi) is 3.30. The van der Waals surface area contributed by atoms with Crippen molar-refractivity contribution in [3.8, 4) is 5.75 Å². The van der Waals surface area contributed by atoms with Gasteiger partial charge in [0.2, 0.25) is 0 Å². The number of nitrogens with zero attached hydrogens (tertiary/aromatic N) is 1. The van der Waals surface area contributed by atoms with Crippen LogP contribution in [0.15, 0.2) is 12.1 Å². The van der Waals surface area contributed by atoms with E-state index < -0.39 is 6.10 Å². The molecule has 1 aromatic carbocycles. The van der Waals surface area contributed by atoms with Gasteiger partial charge in [0.05, 0.1) is 17.1 Å². The fourth-order valence-electron chi connectivity index (χ4n) is 2.02. The second kappa shape index (κ2) is 4.61. The summed E-state index contributed by atoms with van der Waals surface area (Å²) in [5, 5.41) is 0. The molecule has 0 N–H and O–H groups in total. The van der Waals surface area contributed by atoms with E-state index in [0.29, 0.717) is 17.0 Å². The molecule has 0 aliphatic carbocycles. The Morgan fingerprint density at radius 3 is 2.78 bits per heavy atom. The second-order valence-corrected chi connectivity index (χ2v) is 4.64. The van der Waals surface area contributed by atoms with Gasteiger partial charge in [-0.05, 0) is 31.5 Å². The van der Waals surface area contributed by atoms with Gasteiger partial charge in [0.25, 0.3) is 5.91 Å². The summed E-state index contributed by atoms with van der Waals surface area (Å²) in [5.41, 5.74) is 1.94. The summed E-state index contributed by atoms with van der Waals surface area (Å²) in [5.74, 6) is 0.00969. The highest BCUT2D eigenvalue weighted by atomic mass is 35.5. The molecule has 1 amide bonds. The SMILES string of the molecule is Cc1cc(C(=O)CCl)c2c(c1)N(C)C(=O)C(C)O2. The van der Waals surface area contributed by atoms with Gasteiger partial charge in [-0.15, -0.1) is 11.6 Å². The van der Waals surface area contributed by atoms with Crippen LogP contribution in [0, 0.1) is 6.92 Å². The van der Waals surface area contributed by atoms with Crippen LogP contribution in [-0.4, -0.2) is 30.7 Å². The molecule has 0 bridgehead atoms. The van der Waals surface area contributed by atoms with Crippen molar-refractivity contribution in [1.82, 2.24) is 0 Å². The third kappa shape index (κ3) is 1.97. The van der Waals surface area contributed by atoms with E-state index in [4.69, 9.17) is 16.3 Å². The van der Waals surface area contributed by atoms with E-state index in [0.717, 1.165) is 5.56 Å². The Morgan fingerprint density at radius 2 is 2.17 bits per heavy atom. The highest BCUT2D eigenvalue weighted by Gasteiger charge is 2.32. The lowest BCUT2D eigenvalue weighted by Gasteiger charge is -2.31. The summed E-state index contributed by atoms with van der Waals surface area (Å²) >= 11 is 5.60. The largest absolute Gasteiger partial charge is 0.478 e. The number of hydrogen-bond acceptors (Lipinski definition) is 3. The summed E-state index contributed by atoms with van der Waals surface area (Å²) in [4.78, 5) is 25.2. The topological polar surface area (TPSA) is 46.6 Å². The number of anilines is 1. The van der Waals surface area contributed by atoms with Crippen molar-refractivity contribution in [2.75, 3.05) is 17.8 Å². The number of ether oxygens (including phenoxy) is 1. The number of fused-ring (bicyclic) bond motifs is 1. The van der Waals surface area contributed by atoms with E-state index in [1.807, 2.05) is 13.0 Å². The number of carbonyl (C=O) groups excluding carboxylic acids is 2. The van der Waals surface area contributed by atoms with Crippen molar-refractivity contribution in [1.29, 1.82) is 0 Å². The van der Waals surface area contributed by atoms with Crippen LogP contribution in [0.2, 0.25) is 0 Å². The highest BCUT2D eigenvalue weighted by Crippen LogP contribution is 2.37. The number of carbonyl (C=O) groups is 2. The predicted molar refractivity (Wildman–Crippen MR) is 69.7 cm³/mol. The molecular weight excluding hydrogens is 254 g/mol. The third-order valence-corrected chi connectivity index (χ3v) is 3.21. The maximum atomic E-state index is 11.8. The van der Waals surface area contributed by atoms with Crippen molar-refractivity contribution in [3.05, 3.63) is 23.3 Å². The molecule has 0 fully saturated rings. The highest BCUT2D eigenvalue weighted by molar-refractivity contribution is 6.31. The number of aryl methyl sites for hydroxylation is 1. The number of benzene rings is 1. The molecule has 0 spiro atoms. The molecule has 1 aromatic rings. The number of halogens is 1. The number of alkyl halides is 1. The first kappa shape index (κ1) is 12.9. The average molecular weight is 268 g/mol. The van der Waals surface area contributed by atoms with Crippen molar-refractivity contribution < 1.29 is 14.3 Å². The number of rotatable bonds is 2. The summed E-state index contributed by atoms with van der Waals surface area (Å²) in [6.45, 7) is 3.53. The van der Waals surface area contributed by atoms with Crippen LogP contribution in [0.5, 0.6) is 5.75 Å². The van der Waals surface area contributed by atoms with Gasteiger partial charge in [-0.1, -0.05) is 0 Å². The predicted octanol–water partition coefficient (Wildman–Crippen LogP) is 2.16. The van der Waals surface area contributed by atoms with Gasteiger partial charge in [-0.25, -0.2) is 0 Å². The molecule has 1 aliphatic rings. The smallest absolute Gasteiger partial charge is 0.267 e. The van der Waals surface area contributed by atoms with E-state index in [1.54, 1.807) is 20.0 Å².